The number of hydrogen-bond acceptors (Lipinski definition) is 3. The monoisotopic (exact) mass is 279 g/mol. The Morgan fingerprint density at radius 2 is 2.05 bits per heavy atom. The Morgan fingerprint density at radius 1 is 1.26 bits per heavy atom. The van der Waals surface area contributed by atoms with Crippen molar-refractivity contribution in [2.45, 2.75) is 6.61 Å². The standard InChI is InChI=1S/C14H10ClFO3/c15-10-4-5-13(12(7-10)14(17)18)19-8-9-2-1-3-11(16)6-9/h1-7H,8H2,(H,17,18)/p-1. The first-order valence-electron chi connectivity index (χ1n) is 5.44. The van der Waals surface area contributed by atoms with Crippen LogP contribution in [-0.2, 0) is 6.61 Å². The average Bonchev–Trinajstić information content (AvgIpc) is 2.37. The molecule has 0 unspecified atom stereocenters. The van der Waals surface area contributed by atoms with Gasteiger partial charge in [-0.25, -0.2) is 4.39 Å². The zero-order valence-corrected chi connectivity index (χ0v) is 10.5. The van der Waals surface area contributed by atoms with Gasteiger partial charge in [-0.15, -0.1) is 0 Å². The summed E-state index contributed by atoms with van der Waals surface area (Å²) < 4.78 is 18.3. The summed E-state index contributed by atoms with van der Waals surface area (Å²) in [7, 11) is 0. The number of rotatable bonds is 4. The number of ether oxygens (including phenoxy) is 1. The first kappa shape index (κ1) is 13.4. The van der Waals surface area contributed by atoms with Crippen LogP contribution in [0.15, 0.2) is 42.5 Å². The van der Waals surface area contributed by atoms with E-state index in [1.807, 2.05) is 0 Å². The topological polar surface area (TPSA) is 49.4 Å². The highest BCUT2D eigenvalue weighted by Crippen LogP contribution is 2.23. The van der Waals surface area contributed by atoms with Gasteiger partial charge >= 0.3 is 0 Å². The number of benzene rings is 2. The summed E-state index contributed by atoms with van der Waals surface area (Å²) in [6.07, 6.45) is 0. The second-order valence-electron chi connectivity index (χ2n) is 3.85. The Bertz CT molecular complexity index is 613. The molecule has 0 bridgehead atoms. The van der Waals surface area contributed by atoms with E-state index in [4.69, 9.17) is 16.3 Å². The molecule has 0 aromatic heterocycles. The molecule has 0 saturated carbocycles. The third kappa shape index (κ3) is 3.45. The molecule has 2 aromatic carbocycles. The van der Waals surface area contributed by atoms with Crippen molar-refractivity contribution in [2.24, 2.45) is 0 Å². The Balaban J connectivity index is 2.17. The van der Waals surface area contributed by atoms with Gasteiger partial charge in [0, 0.05) is 10.6 Å². The van der Waals surface area contributed by atoms with E-state index in [0.717, 1.165) is 0 Å². The van der Waals surface area contributed by atoms with Crippen LogP contribution in [0, 0.1) is 5.82 Å². The SMILES string of the molecule is O=C([O-])c1cc(Cl)ccc1OCc1cccc(F)c1. The van der Waals surface area contributed by atoms with Crippen molar-refractivity contribution in [3.8, 4) is 5.75 Å². The summed E-state index contributed by atoms with van der Waals surface area (Å²) in [5.74, 6) is -1.62. The van der Waals surface area contributed by atoms with Crippen LogP contribution in [0.25, 0.3) is 0 Å². The number of carboxylic acids is 1. The van der Waals surface area contributed by atoms with Crippen LogP contribution in [0.5, 0.6) is 5.75 Å². The summed E-state index contributed by atoms with van der Waals surface area (Å²) in [6.45, 7) is 0.0552. The first-order valence-corrected chi connectivity index (χ1v) is 5.82. The van der Waals surface area contributed by atoms with Crippen molar-refractivity contribution in [3.63, 3.8) is 0 Å². The molecule has 0 aliphatic heterocycles. The van der Waals surface area contributed by atoms with E-state index in [9.17, 15) is 14.3 Å². The van der Waals surface area contributed by atoms with Crippen molar-refractivity contribution in [1.29, 1.82) is 0 Å². The van der Waals surface area contributed by atoms with Crippen LogP contribution < -0.4 is 9.84 Å². The van der Waals surface area contributed by atoms with Crippen LogP contribution in [0.2, 0.25) is 5.02 Å². The van der Waals surface area contributed by atoms with Crippen molar-refractivity contribution in [3.05, 3.63) is 64.4 Å². The number of carboxylic acid groups (broad SMARTS) is 1. The fourth-order valence-electron chi connectivity index (χ4n) is 1.58. The summed E-state index contributed by atoms with van der Waals surface area (Å²) in [6, 6.07) is 10.1. The Hall–Kier alpha value is -2.07. The maximum atomic E-state index is 13.0. The molecule has 0 N–H and O–H groups in total. The van der Waals surface area contributed by atoms with E-state index in [0.29, 0.717) is 5.56 Å². The lowest BCUT2D eigenvalue weighted by molar-refractivity contribution is -0.255. The predicted molar refractivity (Wildman–Crippen MR) is 66.5 cm³/mol. The van der Waals surface area contributed by atoms with E-state index in [-0.39, 0.29) is 28.8 Å². The second-order valence-corrected chi connectivity index (χ2v) is 4.28. The maximum absolute atomic E-state index is 13.0. The normalized spacial score (nSPS) is 10.2. The Kier molecular flexibility index (Phi) is 4.02. The molecule has 0 aliphatic rings. The van der Waals surface area contributed by atoms with E-state index in [2.05, 4.69) is 0 Å². The maximum Gasteiger partial charge on any atom is 0.128 e. The molecule has 5 heteroatoms. The van der Waals surface area contributed by atoms with Gasteiger partial charge in [-0.05, 0) is 35.9 Å². The molecule has 0 heterocycles. The third-order valence-electron chi connectivity index (χ3n) is 2.44. The van der Waals surface area contributed by atoms with Gasteiger partial charge in [-0.3, -0.25) is 0 Å². The van der Waals surface area contributed by atoms with Crippen molar-refractivity contribution < 1.29 is 19.0 Å². The summed E-state index contributed by atoms with van der Waals surface area (Å²) >= 11 is 5.70. The van der Waals surface area contributed by atoms with E-state index in [1.54, 1.807) is 12.1 Å². The Morgan fingerprint density at radius 3 is 2.74 bits per heavy atom. The lowest BCUT2D eigenvalue weighted by Crippen LogP contribution is -2.23. The minimum Gasteiger partial charge on any atom is -0.545 e. The van der Waals surface area contributed by atoms with Gasteiger partial charge in [0.25, 0.3) is 0 Å². The van der Waals surface area contributed by atoms with Gasteiger partial charge in [-0.1, -0.05) is 23.7 Å². The quantitative estimate of drug-likeness (QED) is 0.863. The van der Waals surface area contributed by atoms with E-state index in [1.165, 1.54) is 30.3 Å². The molecule has 19 heavy (non-hydrogen) atoms. The van der Waals surface area contributed by atoms with Crippen LogP contribution in [-0.4, -0.2) is 5.97 Å². The summed E-state index contributed by atoms with van der Waals surface area (Å²) in [4.78, 5) is 10.9. The minimum absolute atomic E-state index is 0.0552. The van der Waals surface area contributed by atoms with Crippen LogP contribution in [0.3, 0.4) is 0 Å². The molecular formula is C14H9ClFO3-. The highest BCUT2D eigenvalue weighted by Gasteiger charge is 2.06. The molecule has 0 radical (unpaired) electrons. The van der Waals surface area contributed by atoms with Gasteiger partial charge in [0.1, 0.15) is 18.2 Å². The zero-order chi connectivity index (χ0) is 13.8. The molecular weight excluding hydrogens is 271 g/mol. The van der Waals surface area contributed by atoms with Gasteiger partial charge in [0.15, 0.2) is 0 Å². The predicted octanol–water partition coefficient (Wildman–Crippen LogP) is 2.42. The smallest absolute Gasteiger partial charge is 0.128 e. The Labute approximate surface area is 114 Å². The number of carbonyl (C=O) groups excluding carboxylic acids is 1. The van der Waals surface area contributed by atoms with Crippen LogP contribution >= 0.6 is 11.6 Å². The zero-order valence-electron chi connectivity index (χ0n) is 9.73. The van der Waals surface area contributed by atoms with Crippen molar-refractivity contribution in [1.82, 2.24) is 0 Å². The van der Waals surface area contributed by atoms with Crippen LogP contribution in [0.4, 0.5) is 4.39 Å². The fourth-order valence-corrected chi connectivity index (χ4v) is 1.75. The molecule has 0 aliphatic carbocycles. The molecule has 2 aromatic rings. The molecule has 98 valence electrons. The molecule has 0 spiro atoms. The molecule has 0 saturated heterocycles. The number of carbonyl (C=O) groups is 1. The summed E-state index contributed by atoms with van der Waals surface area (Å²) in [5, 5.41) is 11.2. The average molecular weight is 280 g/mol. The highest BCUT2D eigenvalue weighted by molar-refractivity contribution is 6.31. The number of aromatic carboxylic acids is 1. The van der Waals surface area contributed by atoms with Gasteiger partial charge in [-0.2, -0.15) is 0 Å². The van der Waals surface area contributed by atoms with Gasteiger partial charge in [0.2, 0.25) is 0 Å². The third-order valence-corrected chi connectivity index (χ3v) is 2.68. The second kappa shape index (κ2) is 5.71. The van der Waals surface area contributed by atoms with Crippen molar-refractivity contribution in [2.75, 3.05) is 0 Å². The number of halogens is 2. The molecule has 0 amide bonds. The highest BCUT2D eigenvalue weighted by atomic mass is 35.5. The first-order chi connectivity index (χ1) is 9.06. The van der Waals surface area contributed by atoms with Gasteiger partial charge < -0.3 is 14.6 Å². The minimum atomic E-state index is -1.38. The lowest BCUT2D eigenvalue weighted by Gasteiger charge is -2.12. The van der Waals surface area contributed by atoms with Crippen molar-refractivity contribution >= 4 is 17.6 Å². The van der Waals surface area contributed by atoms with Gasteiger partial charge in [0.05, 0.1) is 5.97 Å². The van der Waals surface area contributed by atoms with Crippen LogP contribution in [0.1, 0.15) is 15.9 Å². The van der Waals surface area contributed by atoms with E-state index >= 15 is 0 Å². The lowest BCUT2D eigenvalue weighted by atomic mass is 10.2. The van der Waals surface area contributed by atoms with E-state index < -0.39 is 5.97 Å². The number of hydrogen-bond donors (Lipinski definition) is 0. The largest absolute Gasteiger partial charge is 0.545 e. The molecule has 3 nitrogen and oxygen atoms in total. The molecule has 2 rings (SSSR count). The summed E-state index contributed by atoms with van der Waals surface area (Å²) in [5.41, 5.74) is 0.461. The molecule has 0 fully saturated rings. The molecule has 0 atom stereocenters. The fraction of sp³-hybridized carbons (Fsp3) is 0.0714.